The fourth-order valence-electron chi connectivity index (χ4n) is 1.79. The molecule has 2 atom stereocenters. The van der Waals surface area contributed by atoms with Gasteiger partial charge in [-0.15, -0.1) is 0 Å². The zero-order chi connectivity index (χ0) is 12.7. The fourth-order valence-corrected chi connectivity index (χ4v) is 1.79. The predicted octanol–water partition coefficient (Wildman–Crippen LogP) is 3.42. The first-order chi connectivity index (χ1) is 8.13. The molecule has 0 saturated carbocycles. The molecule has 0 spiro atoms. The molecule has 96 valence electrons. The highest BCUT2D eigenvalue weighted by Crippen LogP contribution is 2.16. The van der Waals surface area contributed by atoms with Gasteiger partial charge in [-0.25, -0.2) is 0 Å². The lowest BCUT2D eigenvalue weighted by Crippen LogP contribution is -2.12. The lowest BCUT2D eigenvalue weighted by Gasteiger charge is -2.14. The zero-order valence-corrected chi connectivity index (χ0v) is 11.1. The Kier molecular flexibility index (Phi) is 6.06. The highest BCUT2D eigenvalue weighted by Gasteiger charge is 2.07. The molecule has 0 radical (unpaired) electrons. The van der Waals surface area contributed by atoms with Gasteiger partial charge in [-0.1, -0.05) is 19.1 Å². The van der Waals surface area contributed by atoms with Gasteiger partial charge in [-0.05, 0) is 56.7 Å². The summed E-state index contributed by atoms with van der Waals surface area (Å²) in [6, 6.07) is 8.30. The topological polar surface area (TPSA) is 29.5 Å². The number of aryl methyl sites for hydroxylation is 1. The standard InChI is InChI=1S/C15H24O2/c1-4-17-15-10-8-14(9-11-15)7-5-6-12(2)13(3)16/h8-13,16H,4-7H2,1-3H3/t12-,13+/m1/s1. The molecule has 1 rings (SSSR count). The van der Waals surface area contributed by atoms with E-state index in [-0.39, 0.29) is 6.10 Å². The maximum absolute atomic E-state index is 9.40. The molecule has 0 unspecified atom stereocenters. The molecule has 2 nitrogen and oxygen atoms in total. The van der Waals surface area contributed by atoms with Crippen LogP contribution in [0.1, 0.15) is 39.2 Å². The smallest absolute Gasteiger partial charge is 0.119 e. The molecule has 0 bridgehead atoms. The third-order valence-electron chi connectivity index (χ3n) is 3.18. The SMILES string of the molecule is CCOc1ccc(CCC[C@@H](C)[C@H](C)O)cc1. The molecule has 0 aromatic heterocycles. The van der Waals surface area contributed by atoms with Gasteiger partial charge in [0, 0.05) is 0 Å². The van der Waals surface area contributed by atoms with Crippen LogP contribution in [0.4, 0.5) is 0 Å². The molecule has 1 aromatic rings. The van der Waals surface area contributed by atoms with Gasteiger partial charge in [0.25, 0.3) is 0 Å². The molecule has 0 heterocycles. The van der Waals surface area contributed by atoms with Gasteiger partial charge in [0.2, 0.25) is 0 Å². The first-order valence-electron chi connectivity index (χ1n) is 6.53. The Morgan fingerprint density at radius 3 is 2.35 bits per heavy atom. The quantitative estimate of drug-likeness (QED) is 0.786. The van der Waals surface area contributed by atoms with E-state index in [2.05, 4.69) is 19.1 Å². The molecule has 0 aliphatic carbocycles. The zero-order valence-electron chi connectivity index (χ0n) is 11.1. The number of hydrogen-bond donors (Lipinski definition) is 1. The summed E-state index contributed by atoms with van der Waals surface area (Å²) < 4.78 is 5.40. The normalized spacial score (nSPS) is 14.4. The maximum Gasteiger partial charge on any atom is 0.119 e. The average molecular weight is 236 g/mol. The molecule has 2 heteroatoms. The molecule has 0 aliphatic rings. The number of benzene rings is 1. The molecule has 0 saturated heterocycles. The van der Waals surface area contributed by atoms with Crippen LogP contribution in [0.15, 0.2) is 24.3 Å². The summed E-state index contributed by atoms with van der Waals surface area (Å²) in [7, 11) is 0. The minimum atomic E-state index is -0.199. The third-order valence-corrected chi connectivity index (χ3v) is 3.18. The Morgan fingerprint density at radius 2 is 1.82 bits per heavy atom. The van der Waals surface area contributed by atoms with Crippen molar-refractivity contribution in [3.05, 3.63) is 29.8 Å². The van der Waals surface area contributed by atoms with Crippen molar-refractivity contribution in [2.45, 2.75) is 46.1 Å². The van der Waals surface area contributed by atoms with Crippen molar-refractivity contribution < 1.29 is 9.84 Å². The van der Waals surface area contributed by atoms with Crippen molar-refractivity contribution in [3.63, 3.8) is 0 Å². The predicted molar refractivity (Wildman–Crippen MR) is 71.4 cm³/mol. The first kappa shape index (κ1) is 14.0. The van der Waals surface area contributed by atoms with E-state index in [4.69, 9.17) is 4.74 Å². The minimum Gasteiger partial charge on any atom is -0.494 e. The first-order valence-corrected chi connectivity index (χ1v) is 6.53. The monoisotopic (exact) mass is 236 g/mol. The summed E-state index contributed by atoms with van der Waals surface area (Å²) in [5.41, 5.74) is 1.34. The second kappa shape index (κ2) is 7.33. The summed E-state index contributed by atoms with van der Waals surface area (Å²) >= 11 is 0. The van der Waals surface area contributed by atoms with Crippen LogP contribution in [0.3, 0.4) is 0 Å². The maximum atomic E-state index is 9.40. The Morgan fingerprint density at radius 1 is 1.18 bits per heavy atom. The van der Waals surface area contributed by atoms with Crippen molar-refractivity contribution in [2.75, 3.05) is 6.61 Å². The molecule has 1 N–H and O–H groups in total. The number of hydrogen-bond acceptors (Lipinski definition) is 2. The minimum absolute atomic E-state index is 0.199. The van der Waals surface area contributed by atoms with Gasteiger partial charge >= 0.3 is 0 Å². The molecule has 1 aromatic carbocycles. The lowest BCUT2D eigenvalue weighted by atomic mass is 9.97. The van der Waals surface area contributed by atoms with Gasteiger partial charge in [0.15, 0.2) is 0 Å². The van der Waals surface area contributed by atoms with E-state index in [1.807, 2.05) is 26.0 Å². The fraction of sp³-hybridized carbons (Fsp3) is 0.600. The summed E-state index contributed by atoms with van der Waals surface area (Å²) in [5.74, 6) is 1.33. The van der Waals surface area contributed by atoms with Crippen LogP contribution in [-0.2, 0) is 6.42 Å². The second-order valence-electron chi connectivity index (χ2n) is 4.69. The summed E-state index contributed by atoms with van der Waals surface area (Å²) in [4.78, 5) is 0. The number of aliphatic hydroxyl groups is 1. The van der Waals surface area contributed by atoms with E-state index in [0.717, 1.165) is 25.0 Å². The van der Waals surface area contributed by atoms with Crippen LogP contribution in [0.2, 0.25) is 0 Å². The van der Waals surface area contributed by atoms with Crippen molar-refractivity contribution in [3.8, 4) is 5.75 Å². The highest BCUT2D eigenvalue weighted by molar-refractivity contribution is 5.27. The van der Waals surface area contributed by atoms with Crippen molar-refractivity contribution in [2.24, 2.45) is 5.92 Å². The summed E-state index contributed by atoms with van der Waals surface area (Å²) in [5, 5.41) is 9.40. The lowest BCUT2D eigenvalue weighted by molar-refractivity contribution is 0.129. The van der Waals surface area contributed by atoms with E-state index in [1.165, 1.54) is 5.56 Å². The van der Waals surface area contributed by atoms with Gasteiger partial charge < -0.3 is 9.84 Å². The molecule has 0 fully saturated rings. The third kappa shape index (κ3) is 5.22. The second-order valence-corrected chi connectivity index (χ2v) is 4.69. The van der Waals surface area contributed by atoms with E-state index in [0.29, 0.717) is 12.5 Å². The summed E-state index contributed by atoms with van der Waals surface area (Å²) in [6.07, 6.45) is 3.07. The van der Waals surface area contributed by atoms with E-state index < -0.39 is 0 Å². The molecular formula is C15H24O2. The van der Waals surface area contributed by atoms with Gasteiger partial charge in [-0.2, -0.15) is 0 Å². The van der Waals surface area contributed by atoms with Crippen molar-refractivity contribution in [1.29, 1.82) is 0 Å². The van der Waals surface area contributed by atoms with Crippen LogP contribution in [0, 0.1) is 5.92 Å². The van der Waals surface area contributed by atoms with Crippen LogP contribution < -0.4 is 4.74 Å². The molecule has 17 heavy (non-hydrogen) atoms. The Balaban J connectivity index is 2.32. The largest absolute Gasteiger partial charge is 0.494 e. The highest BCUT2D eigenvalue weighted by atomic mass is 16.5. The number of aliphatic hydroxyl groups excluding tert-OH is 1. The van der Waals surface area contributed by atoms with Gasteiger partial charge in [0.05, 0.1) is 12.7 Å². The molecular weight excluding hydrogens is 212 g/mol. The molecule has 0 aliphatic heterocycles. The van der Waals surface area contributed by atoms with E-state index >= 15 is 0 Å². The van der Waals surface area contributed by atoms with E-state index in [9.17, 15) is 5.11 Å². The van der Waals surface area contributed by atoms with Crippen LogP contribution in [0.25, 0.3) is 0 Å². The average Bonchev–Trinajstić information content (AvgIpc) is 2.31. The van der Waals surface area contributed by atoms with Crippen molar-refractivity contribution in [1.82, 2.24) is 0 Å². The Hall–Kier alpha value is -1.02. The Bertz CT molecular complexity index is 303. The van der Waals surface area contributed by atoms with E-state index in [1.54, 1.807) is 0 Å². The van der Waals surface area contributed by atoms with Crippen LogP contribution in [-0.4, -0.2) is 17.8 Å². The van der Waals surface area contributed by atoms with Crippen molar-refractivity contribution >= 4 is 0 Å². The summed E-state index contributed by atoms with van der Waals surface area (Å²) in [6.45, 7) is 6.67. The molecule has 0 amide bonds. The van der Waals surface area contributed by atoms with Crippen LogP contribution >= 0.6 is 0 Å². The Labute approximate surface area is 105 Å². The van der Waals surface area contributed by atoms with Crippen LogP contribution in [0.5, 0.6) is 5.75 Å². The van der Waals surface area contributed by atoms with Gasteiger partial charge in [-0.3, -0.25) is 0 Å². The number of rotatable bonds is 7. The number of ether oxygens (including phenoxy) is 1. The van der Waals surface area contributed by atoms with Gasteiger partial charge in [0.1, 0.15) is 5.75 Å².